The van der Waals surface area contributed by atoms with Gasteiger partial charge in [0.2, 0.25) is 0 Å². The monoisotopic (exact) mass is 485 g/mol. The number of benzene rings is 4. The van der Waals surface area contributed by atoms with Crippen molar-refractivity contribution in [1.82, 2.24) is 5.32 Å². The third-order valence-electron chi connectivity index (χ3n) is 5.72. The Labute approximate surface area is 209 Å². The quantitative estimate of drug-likeness (QED) is 0.316. The summed E-state index contributed by atoms with van der Waals surface area (Å²) < 4.78 is 5.40. The number of hydrogen-bond acceptors (Lipinski definition) is 3. The number of carboxylic acids is 1. The Kier molecular flexibility index (Phi) is 7.48. The molecule has 0 saturated carbocycles. The average Bonchev–Trinajstić information content (AvgIpc) is 2.89. The molecule has 1 amide bonds. The lowest BCUT2D eigenvalue weighted by molar-refractivity contribution is -0.139. The first-order valence-electron chi connectivity index (χ1n) is 11.1. The van der Waals surface area contributed by atoms with E-state index in [1.165, 1.54) is 0 Å². The van der Waals surface area contributed by atoms with Crippen molar-refractivity contribution in [3.8, 4) is 28.0 Å². The fourth-order valence-electron chi connectivity index (χ4n) is 3.85. The molecule has 0 heterocycles. The summed E-state index contributed by atoms with van der Waals surface area (Å²) in [7, 11) is 1.58. The van der Waals surface area contributed by atoms with Gasteiger partial charge in [-0.3, -0.25) is 4.79 Å². The Morgan fingerprint density at radius 1 is 0.857 bits per heavy atom. The molecule has 0 saturated heterocycles. The van der Waals surface area contributed by atoms with Crippen LogP contribution < -0.4 is 10.1 Å². The highest BCUT2D eigenvalue weighted by atomic mass is 35.5. The average molecular weight is 486 g/mol. The molecule has 35 heavy (non-hydrogen) atoms. The highest BCUT2D eigenvalue weighted by Gasteiger charge is 2.21. The fourth-order valence-corrected chi connectivity index (χ4v) is 4.02. The van der Waals surface area contributed by atoms with Crippen molar-refractivity contribution >= 4 is 23.5 Å². The molecule has 0 radical (unpaired) electrons. The number of carbonyl (C=O) groups excluding carboxylic acids is 1. The van der Waals surface area contributed by atoms with Gasteiger partial charge in [-0.2, -0.15) is 0 Å². The number of carboxylic acid groups (broad SMARTS) is 1. The molecule has 176 valence electrons. The third kappa shape index (κ3) is 5.89. The topological polar surface area (TPSA) is 75.6 Å². The van der Waals surface area contributed by atoms with Gasteiger partial charge in [-0.1, -0.05) is 78.3 Å². The first-order valence-corrected chi connectivity index (χ1v) is 11.4. The molecule has 0 aliphatic heterocycles. The maximum Gasteiger partial charge on any atom is 0.326 e. The standard InChI is InChI=1S/C29H24ClNO4/c1-35-27-16-15-24(30)18-25(27)22-11-13-23(14-12-22)28(32)31-26(29(33)34)17-19-7-9-21(10-8-19)20-5-3-2-4-6-20/h2-16,18,26H,17H2,1H3,(H,31,32)(H,33,34). The van der Waals surface area contributed by atoms with Gasteiger partial charge in [0, 0.05) is 22.6 Å². The number of carbonyl (C=O) groups is 2. The van der Waals surface area contributed by atoms with Gasteiger partial charge < -0.3 is 15.2 Å². The Balaban J connectivity index is 1.45. The lowest BCUT2D eigenvalue weighted by Crippen LogP contribution is -2.42. The fraction of sp³-hybridized carbons (Fsp3) is 0.103. The number of nitrogens with one attached hydrogen (secondary N) is 1. The lowest BCUT2D eigenvalue weighted by atomic mass is 10.00. The number of ether oxygens (including phenoxy) is 1. The minimum Gasteiger partial charge on any atom is -0.496 e. The van der Waals surface area contributed by atoms with Crippen molar-refractivity contribution in [2.45, 2.75) is 12.5 Å². The van der Waals surface area contributed by atoms with Gasteiger partial charge in [0.05, 0.1) is 7.11 Å². The van der Waals surface area contributed by atoms with Gasteiger partial charge in [0.15, 0.2) is 0 Å². The number of aliphatic carboxylic acids is 1. The van der Waals surface area contributed by atoms with Crippen LogP contribution in [0.4, 0.5) is 0 Å². The molecule has 0 aromatic heterocycles. The van der Waals surface area contributed by atoms with Crippen LogP contribution in [0, 0.1) is 0 Å². The second kappa shape index (κ2) is 10.9. The molecule has 0 bridgehead atoms. The number of amides is 1. The molecule has 4 rings (SSSR count). The third-order valence-corrected chi connectivity index (χ3v) is 5.96. The van der Waals surface area contributed by atoms with Crippen molar-refractivity contribution in [3.63, 3.8) is 0 Å². The van der Waals surface area contributed by atoms with E-state index in [2.05, 4.69) is 5.32 Å². The van der Waals surface area contributed by atoms with Gasteiger partial charge >= 0.3 is 5.97 Å². The molecule has 0 spiro atoms. The molecular formula is C29H24ClNO4. The van der Waals surface area contributed by atoms with Crippen molar-refractivity contribution in [2.75, 3.05) is 7.11 Å². The predicted molar refractivity (Wildman–Crippen MR) is 138 cm³/mol. The smallest absolute Gasteiger partial charge is 0.326 e. The number of rotatable bonds is 8. The van der Waals surface area contributed by atoms with Crippen LogP contribution in [0.25, 0.3) is 22.3 Å². The van der Waals surface area contributed by atoms with E-state index in [1.54, 1.807) is 49.6 Å². The first-order chi connectivity index (χ1) is 16.9. The van der Waals surface area contributed by atoms with Crippen LogP contribution in [0.2, 0.25) is 5.02 Å². The van der Waals surface area contributed by atoms with E-state index >= 15 is 0 Å². The Morgan fingerprint density at radius 2 is 1.49 bits per heavy atom. The molecule has 4 aromatic carbocycles. The molecule has 4 aromatic rings. The molecule has 5 nitrogen and oxygen atoms in total. The van der Waals surface area contributed by atoms with E-state index in [9.17, 15) is 14.7 Å². The van der Waals surface area contributed by atoms with Gasteiger partial charge in [-0.15, -0.1) is 0 Å². The van der Waals surface area contributed by atoms with Crippen molar-refractivity contribution in [3.05, 3.63) is 113 Å². The molecule has 0 fully saturated rings. The summed E-state index contributed by atoms with van der Waals surface area (Å²) in [6.07, 6.45) is 0.175. The summed E-state index contributed by atoms with van der Waals surface area (Å²) in [6, 6.07) is 28.7. The molecule has 2 N–H and O–H groups in total. The molecule has 1 unspecified atom stereocenters. The molecule has 0 aliphatic carbocycles. The van der Waals surface area contributed by atoms with E-state index < -0.39 is 17.9 Å². The highest BCUT2D eigenvalue weighted by molar-refractivity contribution is 6.31. The summed E-state index contributed by atoms with van der Waals surface area (Å²) in [6.45, 7) is 0. The molecular weight excluding hydrogens is 462 g/mol. The van der Waals surface area contributed by atoms with Crippen molar-refractivity contribution in [1.29, 1.82) is 0 Å². The van der Waals surface area contributed by atoms with Crippen LogP contribution in [0.1, 0.15) is 15.9 Å². The van der Waals surface area contributed by atoms with Crippen LogP contribution in [-0.4, -0.2) is 30.1 Å². The zero-order chi connectivity index (χ0) is 24.8. The van der Waals surface area contributed by atoms with Gasteiger partial charge in [0.1, 0.15) is 11.8 Å². The maximum atomic E-state index is 12.8. The lowest BCUT2D eigenvalue weighted by Gasteiger charge is -2.15. The summed E-state index contributed by atoms with van der Waals surface area (Å²) >= 11 is 6.12. The Hall–Kier alpha value is -4.09. The van der Waals surface area contributed by atoms with Crippen LogP contribution in [0.15, 0.2) is 97.1 Å². The second-order valence-electron chi connectivity index (χ2n) is 8.05. The zero-order valence-corrected chi connectivity index (χ0v) is 19.8. The Morgan fingerprint density at radius 3 is 2.11 bits per heavy atom. The summed E-state index contributed by atoms with van der Waals surface area (Å²) in [4.78, 5) is 24.7. The minimum absolute atomic E-state index is 0.175. The number of hydrogen-bond donors (Lipinski definition) is 2. The first kappa shape index (κ1) is 24.0. The van der Waals surface area contributed by atoms with E-state index in [4.69, 9.17) is 16.3 Å². The molecule has 0 aliphatic rings. The summed E-state index contributed by atoms with van der Waals surface area (Å²) in [5.41, 5.74) is 4.94. The second-order valence-corrected chi connectivity index (χ2v) is 8.49. The van der Waals surface area contributed by atoms with Gasteiger partial charge in [0.25, 0.3) is 5.91 Å². The van der Waals surface area contributed by atoms with Crippen LogP contribution >= 0.6 is 11.6 Å². The Bertz CT molecular complexity index is 1320. The minimum atomic E-state index is -1.09. The SMILES string of the molecule is COc1ccc(Cl)cc1-c1ccc(C(=O)NC(Cc2ccc(-c3ccccc3)cc2)C(=O)O)cc1. The number of methoxy groups -OCH3 is 1. The zero-order valence-electron chi connectivity index (χ0n) is 19.1. The summed E-state index contributed by atoms with van der Waals surface area (Å²) in [5, 5.41) is 12.9. The van der Waals surface area contributed by atoms with Crippen molar-refractivity contribution in [2.24, 2.45) is 0 Å². The normalized spacial score (nSPS) is 11.5. The van der Waals surface area contributed by atoms with Crippen LogP contribution in [0.3, 0.4) is 0 Å². The van der Waals surface area contributed by atoms with E-state index in [-0.39, 0.29) is 6.42 Å². The van der Waals surface area contributed by atoms with Gasteiger partial charge in [-0.05, 0) is 52.6 Å². The highest BCUT2D eigenvalue weighted by Crippen LogP contribution is 2.32. The maximum absolute atomic E-state index is 12.8. The van der Waals surface area contributed by atoms with E-state index in [1.807, 2.05) is 54.6 Å². The molecule has 1 atom stereocenters. The largest absolute Gasteiger partial charge is 0.496 e. The number of halogens is 1. The van der Waals surface area contributed by atoms with E-state index in [0.717, 1.165) is 27.8 Å². The summed E-state index contributed by atoms with van der Waals surface area (Å²) in [5.74, 6) is -0.885. The molecule has 6 heteroatoms. The predicted octanol–water partition coefficient (Wildman–Crippen LogP) is 6.11. The van der Waals surface area contributed by atoms with Crippen molar-refractivity contribution < 1.29 is 19.4 Å². The van der Waals surface area contributed by atoms with Crippen LogP contribution in [-0.2, 0) is 11.2 Å². The van der Waals surface area contributed by atoms with Crippen LogP contribution in [0.5, 0.6) is 5.75 Å². The van der Waals surface area contributed by atoms with E-state index in [0.29, 0.717) is 16.3 Å². The van der Waals surface area contributed by atoms with Gasteiger partial charge in [-0.25, -0.2) is 4.79 Å².